The van der Waals surface area contributed by atoms with Gasteiger partial charge in [-0.1, -0.05) is 6.92 Å². The van der Waals surface area contributed by atoms with Crippen LogP contribution >= 0.6 is 0 Å². The summed E-state index contributed by atoms with van der Waals surface area (Å²) in [6.07, 6.45) is 2.62. The smallest absolute Gasteiger partial charge is 0.191 e. The number of nitrogens with one attached hydrogen (secondary N) is 2. The molecule has 0 aromatic heterocycles. The highest BCUT2D eigenvalue weighted by Gasteiger charge is 2.15. The first kappa shape index (κ1) is 19.4. The molecule has 1 aromatic carbocycles. The molecule has 0 bridgehead atoms. The van der Waals surface area contributed by atoms with Crippen LogP contribution in [0.5, 0.6) is 11.5 Å². The number of likely N-dealkylation sites (tertiary alicyclic amines) is 1. The van der Waals surface area contributed by atoms with E-state index in [1.165, 1.54) is 25.9 Å². The van der Waals surface area contributed by atoms with Crippen molar-refractivity contribution in [1.82, 2.24) is 15.5 Å². The lowest BCUT2D eigenvalue weighted by atomic mass is 9.99. The van der Waals surface area contributed by atoms with Crippen LogP contribution < -0.4 is 20.1 Å². The lowest BCUT2D eigenvalue weighted by molar-refractivity contribution is 0.195. The largest absolute Gasteiger partial charge is 0.497 e. The number of hydrogen-bond acceptors (Lipinski definition) is 4. The van der Waals surface area contributed by atoms with Crippen LogP contribution in [0, 0.1) is 5.92 Å². The van der Waals surface area contributed by atoms with Crippen molar-refractivity contribution in [3.8, 4) is 11.5 Å². The summed E-state index contributed by atoms with van der Waals surface area (Å²) in [5, 5.41) is 6.73. The second-order valence-electron chi connectivity index (χ2n) is 6.55. The number of rotatable bonds is 7. The van der Waals surface area contributed by atoms with E-state index in [9.17, 15) is 0 Å². The fourth-order valence-electron chi connectivity index (χ4n) is 3.02. The summed E-state index contributed by atoms with van der Waals surface area (Å²) < 4.78 is 10.7. The SMILES string of the molecule is CN=C(NCCN1CCC(C)CC1)NCc1ccc(OC)cc1OC. The maximum absolute atomic E-state index is 5.44. The molecule has 0 atom stereocenters. The molecule has 0 unspecified atom stereocenters. The van der Waals surface area contributed by atoms with E-state index in [4.69, 9.17) is 9.47 Å². The van der Waals surface area contributed by atoms with Gasteiger partial charge in [-0.3, -0.25) is 4.99 Å². The Morgan fingerprint density at radius 3 is 2.60 bits per heavy atom. The minimum atomic E-state index is 0.647. The highest BCUT2D eigenvalue weighted by molar-refractivity contribution is 5.79. The maximum Gasteiger partial charge on any atom is 0.191 e. The van der Waals surface area contributed by atoms with Gasteiger partial charge >= 0.3 is 0 Å². The third-order valence-electron chi connectivity index (χ3n) is 4.76. The minimum absolute atomic E-state index is 0.647. The first-order chi connectivity index (χ1) is 12.2. The molecular weight excluding hydrogens is 316 g/mol. The van der Waals surface area contributed by atoms with Crippen LogP contribution in [0.4, 0.5) is 0 Å². The summed E-state index contributed by atoms with van der Waals surface area (Å²) in [6.45, 7) is 7.35. The molecule has 1 aliphatic heterocycles. The lowest BCUT2D eigenvalue weighted by Crippen LogP contribution is -2.43. The number of aliphatic imine (C=N–C) groups is 1. The Hall–Kier alpha value is -1.95. The predicted molar refractivity (Wildman–Crippen MR) is 103 cm³/mol. The Morgan fingerprint density at radius 2 is 1.96 bits per heavy atom. The van der Waals surface area contributed by atoms with Crippen molar-refractivity contribution in [2.75, 3.05) is 47.4 Å². The summed E-state index contributed by atoms with van der Waals surface area (Å²) in [7, 11) is 5.12. The van der Waals surface area contributed by atoms with Crippen molar-refractivity contribution < 1.29 is 9.47 Å². The topological polar surface area (TPSA) is 58.1 Å². The number of ether oxygens (including phenoxy) is 2. The van der Waals surface area contributed by atoms with E-state index in [1.54, 1.807) is 21.3 Å². The normalized spacial score (nSPS) is 16.6. The Kier molecular flexibility index (Phi) is 7.85. The Balaban J connectivity index is 1.76. The number of guanidine groups is 1. The predicted octanol–water partition coefficient (Wildman–Crippen LogP) is 2.10. The van der Waals surface area contributed by atoms with Crippen molar-refractivity contribution in [2.24, 2.45) is 10.9 Å². The average Bonchev–Trinajstić information content (AvgIpc) is 2.65. The van der Waals surface area contributed by atoms with E-state index in [2.05, 4.69) is 27.4 Å². The maximum atomic E-state index is 5.44. The van der Waals surface area contributed by atoms with Crippen molar-refractivity contribution in [2.45, 2.75) is 26.3 Å². The quantitative estimate of drug-likeness (QED) is 0.584. The van der Waals surface area contributed by atoms with Gasteiger partial charge in [-0.05, 0) is 44.0 Å². The van der Waals surface area contributed by atoms with E-state index < -0.39 is 0 Å². The van der Waals surface area contributed by atoms with Gasteiger partial charge in [0.15, 0.2) is 5.96 Å². The van der Waals surface area contributed by atoms with Crippen molar-refractivity contribution in [3.05, 3.63) is 23.8 Å². The number of benzene rings is 1. The van der Waals surface area contributed by atoms with Crippen LogP contribution in [0.2, 0.25) is 0 Å². The van der Waals surface area contributed by atoms with Gasteiger partial charge in [-0.25, -0.2) is 0 Å². The molecule has 25 heavy (non-hydrogen) atoms. The molecule has 1 fully saturated rings. The zero-order valence-electron chi connectivity index (χ0n) is 16.0. The Labute approximate surface area is 151 Å². The molecule has 6 heteroatoms. The second kappa shape index (κ2) is 10.1. The second-order valence-corrected chi connectivity index (χ2v) is 6.55. The van der Waals surface area contributed by atoms with Crippen LogP contribution in [0.1, 0.15) is 25.3 Å². The number of piperidine rings is 1. The molecule has 2 rings (SSSR count). The van der Waals surface area contributed by atoms with E-state index in [1.807, 2.05) is 18.2 Å². The Bertz CT molecular complexity index is 554. The molecule has 6 nitrogen and oxygen atoms in total. The number of hydrogen-bond donors (Lipinski definition) is 2. The lowest BCUT2D eigenvalue weighted by Gasteiger charge is -2.30. The van der Waals surface area contributed by atoms with Crippen molar-refractivity contribution in [1.29, 1.82) is 0 Å². The van der Waals surface area contributed by atoms with E-state index in [0.29, 0.717) is 6.54 Å². The molecule has 0 saturated carbocycles. The highest BCUT2D eigenvalue weighted by Crippen LogP contribution is 2.24. The molecular formula is C19H32N4O2. The molecule has 0 amide bonds. The van der Waals surface area contributed by atoms with Crippen LogP contribution in [0.25, 0.3) is 0 Å². The van der Waals surface area contributed by atoms with Crippen LogP contribution in [-0.4, -0.2) is 58.3 Å². The average molecular weight is 348 g/mol. The zero-order chi connectivity index (χ0) is 18.1. The number of methoxy groups -OCH3 is 2. The van der Waals surface area contributed by atoms with Gasteiger partial charge in [0.2, 0.25) is 0 Å². The minimum Gasteiger partial charge on any atom is -0.497 e. The van der Waals surface area contributed by atoms with Gasteiger partial charge in [0.05, 0.1) is 14.2 Å². The van der Waals surface area contributed by atoms with E-state index in [0.717, 1.165) is 42.0 Å². The van der Waals surface area contributed by atoms with Crippen molar-refractivity contribution in [3.63, 3.8) is 0 Å². The summed E-state index contributed by atoms with van der Waals surface area (Å²) >= 11 is 0. The molecule has 0 radical (unpaired) electrons. The zero-order valence-corrected chi connectivity index (χ0v) is 16.0. The molecule has 140 valence electrons. The monoisotopic (exact) mass is 348 g/mol. The van der Waals surface area contributed by atoms with Crippen LogP contribution in [0.15, 0.2) is 23.2 Å². The third kappa shape index (κ3) is 6.12. The first-order valence-electron chi connectivity index (χ1n) is 9.04. The highest BCUT2D eigenvalue weighted by atomic mass is 16.5. The summed E-state index contributed by atoms with van der Waals surface area (Å²) in [5.74, 6) is 3.28. The van der Waals surface area contributed by atoms with Gasteiger partial charge in [0.1, 0.15) is 11.5 Å². The van der Waals surface area contributed by atoms with E-state index >= 15 is 0 Å². The fraction of sp³-hybridized carbons (Fsp3) is 0.632. The molecule has 1 aliphatic rings. The van der Waals surface area contributed by atoms with Gasteiger partial charge in [0.25, 0.3) is 0 Å². The third-order valence-corrected chi connectivity index (χ3v) is 4.76. The first-order valence-corrected chi connectivity index (χ1v) is 9.04. The molecule has 2 N–H and O–H groups in total. The van der Waals surface area contributed by atoms with Gasteiger partial charge in [-0.15, -0.1) is 0 Å². The van der Waals surface area contributed by atoms with Crippen LogP contribution in [-0.2, 0) is 6.54 Å². The Morgan fingerprint density at radius 1 is 1.20 bits per heavy atom. The fourth-order valence-corrected chi connectivity index (χ4v) is 3.02. The standard InChI is InChI=1S/C19H32N4O2/c1-15-7-10-23(11-8-15)12-9-21-19(20-2)22-14-16-5-6-17(24-3)13-18(16)25-4/h5-6,13,15H,7-12,14H2,1-4H3,(H2,20,21,22). The molecule has 1 aromatic rings. The summed E-state index contributed by atoms with van der Waals surface area (Å²) in [6, 6.07) is 5.84. The summed E-state index contributed by atoms with van der Waals surface area (Å²) in [4.78, 5) is 6.82. The van der Waals surface area contributed by atoms with E-state index in [-0.39, 0.29) is 0 Å². The molecule has 1 saturated heterocycles. The number of nitrogens with zero attached hydrogens (tertiary/aromatic N) is 2. The van der Waals surface area contributed by atoms with Gasteiger partial charge in [0, 0.05) is 38.3 Å². The summed E-state index contributed by atoms with van der Waals surface area (Å²) in [5.41, 5.74) is 1.07. The molecule has 1 heterocycles. The van der Waals surface area contributed by atoms with Gasteiger partial charge in [-0.2, -0.15) is 0 Å². The molecule has 0 spiro atoms. The van der Waals surface area contributed by atoms with Crippen LogP contribution in [0.3, 0.4) is 0 Å². The van der Waals surface area contributed by atoms with Gasteiger partial charge < -0.3 is 25.0 Å². The molecule has 0 aliphatic carbocycles. The van der Waals surface area contributed by atoms with Crippen molar-refractivity contribution >= 4 is 5.96 Å².